The Morgan fingerprint density at radius 2 is 1.74 bits per heavy atom. The van der Waals surface area contributed by atoms with Crippen LogP contribution in [0.15, 0.2) is 11.1 Å². The fourth-order valence-electron chi connectivity index (χ4n) is 2.42. The number of rotatable bonds is 9. The van der Waals surface area contributed by atoms with Gasteiger partial charge in [-0.3, -0.25) is 0 Å². The van der Waals surface area contributed by atoms with Gasteiger partial charge in [-0.2, -0.15) is 0 Å². The van der Waals surface area contributed by atoms with E-state index in [2.05, 4.69) is 6.92 Å². The van der Waals surface area contributed by atoms with Crippen LogP contribution in [0, 0.1) is 0 Å². The summed E-state index contributed by atoms with van der Waals surface area (Å²) in [5.74, 6) is -1.51. The first-order valence-corrected chi connectivity index (χ1v) is 7.23. The minimum absolute atomic E-state index is 0.149. The molecule has 0 aromatic carbocycles. The number of carbonyl (C=O) groups excluding carboxylic acids is 1. The molecule has 0 saturated heterocycles. The smallest absolute Gasteiger partial charge is 0.335 e. The van der Waals surface area contributed by atoms with Gasteiger partial charge in [-0.15, -0.1) is 0 Å². The van der Waals surface area contributed by atoms with E-state index in [0.717, 1.165) is 12.8 Å². The van der Waals surface area contributed by atoms with E-state index in [1.807, 2.05) is 0 Å². The van der Waals surface area contributed by atoms with E-state index >= 15 is 0 Å². The van der Waals surface area contributed by atoms with E-state index < -0.39 is 18.0 Å². The Bertz CT molecular complexity index is 357. The quantitative estimate of drug-likeness (QED) is 0.514. The van der Waals surface area contributed by atoms with Crippen LogP contribution in [0.4, 0.5) is 0 Å². The number of carboxylic acids is 1. The number of hydrogen-bond donors (Lipinski definition) is 1. The molecule has 1 aliphatic heterocycles. The van der Waals surface area contributed by atoms with Gasteiger partial charge >= 0.3 is 11.9 Å². The van der Waals surface area contributed by atoms with Crippen molar-refractivity contribution in [3.63, 3.8) is 0 Å². The Morgan fingerprint density at radius 1 is 1.16 bits per heavy atom. The summed E-state index contributed by atoms with van der Waals surface area (Å²) in [5, 5.41) is 9.08. The fourth-order valence-corrected chi connectivity index (χ4v) is 2.42. The van der Waals surface area contributed by atoms with Crippen LogP contribution in [-0.2, 0) is 14.3 Å². The highest BCUT2D eigenvalue weighted by atomic mass is 16.5. The van der Waals surface area contributed by atoms with E-state index in [4.69, 9.17) is 9.84 Å². The monoisotopic (exact) mass is 268 g/mol. The standard InChI is InChI=1S/C15H24O4/c1-3-4-5-6-7-8-9-10-12-13(14(16)17)11(2)15(18)19-12/h12H,3-10H2,1-2H3,(H,16,17)/t12-/m1/s1. The van der Waals surface area contributed by atoms with Crippen molar-refractivity contribution in [2.75, 3.05) is 0 Å². The maximum Gasteiger partial charge on any atom is 0.335 e. The molecule has 4 heteroatoms. The first-order chi connectivity index (χ1) is 9.07. The van der Waals surface area contributed by atoms with Crippen molar-refractivity contribution in [3.8, 4) is 0 Å². The van der Waals surface area contributed by atoms with Crippen molar-refractivity contribution in [2.24, 2.45) is 0 Å². The van der Waals surface area contributed by atoms with Gasteiger partial charge in [-0.05, 0) is 19.8 Å². The minimum atomic E-state index is -1.03. The van der Waals surface area contributed by atoms with Crippen molar-refractivity contribution in [1.82, 2.24) is 0 Å². The molecule has 0 spiro atoms. The van der Waals surface area contributed by atoms with Gasteiger partial charge in [0.1, 0.15) is 6.10 Å². The fraction of sp³-hybridized carbons (Fsp3) is 0.733. The largest absolute Gasteiger partial charge is 0.478 e. The molecular weight excluding hydrogens is 244 g/mol. The molecule has 0 aromatic rings. The van der Waals surface area contributed by atoms with E-state index in [9.17, 15) is 9.59 Å². The normalized spacial score (nSPS) is 18.8. The SMILES string of the molecule is CCCCCCCCC[C@H]1OC(=O)C(C)=C1C(=O)O. The Balaban J connectivity index is 2.26. The molecule has 1 atom stereocenters. The van der Waals surface area contributed by atoms with Crippen LogP contribution in [-0.4, -0.2) is 23.1 Å². The molecule has 0 unspecified atom stereocenters. The lowest BCUT2D eigenvalue weighted by Gasteiger charge is -2.11. The Hall–Kier alpha value is -1.32. The molecule has 0 aliphatic carbocycles. The molecule has 1 heterocycles. The molecule has 0 aromatic heterocycles. The van der Waals surface area contributed by atoms with Crippen molar-refractivity contribution in [2.45, 2.75) is 71.3 Å². The van der Waals surface area contributed by atoms with Crippen molar-refractivity contribution < 1.29 is 19.4 Å². The molecule has 108 valence electrons. The van der Waals surface area contributed by atoms with Gasteiger partial charge in [0, 0.05) is 5.57 Å². The maximum atomic E-state index is 11.4. The first kappa shape index (κ1) is 15.7. The Kier molecular flexibility index (Phi) is 6.60. The zero-order valence-electron chi connectivity index (χ0n) is 11.9. The minimum Gasteiger partial charge on any atom is -0.478 e. The Morgan fingerprint density at radius 3 is 2.32 bits per heavy atom. The highest BCUT2D eigenvalue weighted by Gasteiger charge is 2.35. The summed E-state index contributed by atoms with van der Waals surface area (Å²) in [4.78, 5) is 22.4. The molecule has 1 aliphatic rings. The van der Waals surface area contributed by atoms with Gasteiger partial charge in [0.25, 0.3) is 0 Å². The number of ether oxygens (including phenoxy) is 1. The highest BCUT2D eigenvalue weighted by Crippen LogP contribution is 2.26. The molecule has 19 heavy (non-hydrogen) atoms. The molecule has 1 rings (SSSR count). The summed E-state index contributed by atoms with van der Waals surface area (Å²) in [7, 11) is 0. The van der Waals surface area contributed by atoms with Crippen LogP contribution in [0.3, 0.4) is 0 Å². The van der Waals surface area contributed by atoms with Gasteiger partial charge in [0.15, 0.2) is 0 Å². The zero-order valence-corrected chi connectivity index (χ0v) is 11.9. The number of hydrogen-bond acceptors (Lipinski definition) is 3. The topological polar surface area (TPSA) is 63.6 Å². The highest BCUT2D eigenvalue weighted by molar-refractivity contribution is 6.03. The predicted octanol–water partition coefficient (Wildman–Crippen LogP) is 3.45. The summed E-state index contributed by atoms with van der Waals surface area (Å²) < 4.78 is 5.10. The summed E-state index contributed by atoms with van der Waals surface area (Å²) in [6, 6.07) is 0. The molecule has 0 fully saturated rings. The third-order valence-corrected chi connectivity index (χ3v) is 3.58. The zero-order chi connectivity index (χ0) is 14.3. The lowest BCUT2D eigenvalue weighted by atomic mass is 10.0. The Labute approximate surface area is 114 Å². The molecule has 0 saturated carbocycles. The van der Waals surface area contributed by atoms with E-state index in [0.29, 0.717) is 6.42 Å². The van der Waals surface area contributed by atoms with Crippen molar-refractivity contribution >= 4 is 11.9 Å². The number of carbonyl (C=O) groups is 2. The van der Waals surface area contributed by atoms with Crippen LogP contribution < -0.4 is 0 Å². The maximum absolute atomic E-state index is 11.4. The van der Waals surface area contributed by atoms with Crippen LogP contribution in [0.2, 0.25) is 0 Å². The van der Waals surface area contributed by atoms with Gasteiger partial charge in [-0.1, -0.05) is 45.4 Å². The average molecular weight is 268 g/mol. The van der Waals surface area contributed by atoms with E-state index in [-0.39, 0.29) is 11.1 Å². The number of aliphatic carboxylic acids is 1. The van der Waals surface area contributed by atoms with Crippen molar-refractivity contribution in [3.05, 3.63) is 11.1 Å². The van der Waals surface area contributed by atoms with E-state index in [1.54, 1.807) is 0 Å². The van der Waals surface area contributed by atoms with Crippen LogP contribution in [0.25, 0.3) is 0 Å². The lowest BCUT2D eigenvalue weighted by Crippen LogP contribution is -2.17. The number of carboxylic acid groups (broad SMARTS) is 1. The summed E-state index contributed by atoms with van der Waals surface area (Å²) in [6.07, 6.45) is 8.27. The first-order valence-electron chi connectivity index (χ1n) is 7.23. The van der Waals surface area contributed by atoms with Crippen LogP contribution >= 0.6 is 0 Å². The van der Waals surface area contributed by atoms with Gasteiger partial charge in [0.05, 0.1) is 5.57 Å². The van der Waals surface area contributed by atoms with Gasteiger partial charge in [-0.25, -0.2) is 9.59 Å². The molecule has 0 radical (unpaired) electrons. The molecule has 0 amide bonds. The predicted molar refractivity (Wildman–Crippen MR) is 72.8 cm³/mol. The number of cyclic esters (lactones) is 1. The second-order valence-corrected chi connectivity index (χ2v) is 5.15. The molecular formula is C15H24O4. The second-order valence-electron chi connectivity index (χ2n) is 5.15. The van der Waals surface area contributed by atoms with Crippen molar-refractivity contribution in [1.29, 1.82) is 0 Å². The number of unbranched alkanes of at least 4 members (excludes halogenated alkanes) is 6. The third-order valence-electron chi connectivity index (χ3n) is 3.58. The second kappa shape index (κ2) is 7.97. The van der Waals surface area contributed by atoms with Crippen LogP contribution in [0.1, 0.15) is 65.2 Å². The summed E-state index contributed by atoms with van der Waals surface area (Å²) in [6.45, 7) is 3.72. The molecule has 0 bridgehead atoms. The van der Waals surface area contributed by atoms with Gasteiger partial charge in [0.2, 0.25) is 0 Å². The summed E-state index contributed by atoms with van der Waals surface area (Å²) >= 11 is 0. The van der Waals surface area contributed by atoms with Gasteiger partial charge < -0.3 is 9.84 Å². The van der Waals surface area contributed by atoms with E-state index in [1.165, 1.54) is 39.0 Å². The summed E-state index contributed by atoms with van der Waals surface area (Å²) in [5.41, 5.74) is 0.399. The average Bonchev–Trinajstić information content (AvgIpc) is 2.64. The lowest BCUT2D eigenvalue weighted by molar-refractivity contribution is -0.140. The molecule has 4 nitrogen and oxygen atoms in total. The number of esters is 1. The third kappa shape index (κ3) is 4.69. The molecule has 1 N–H and O–H groups in total. The van der Waals surface area contributed by atoms with Crippen LogP contribution in [0.5, 0.6) is 0 Å².